The van der Waals surface area contributed by atoms with E-state index in [4.69, 9.17) is 21.8 Å². The molecule has 3 rings (SSSR count). The molecule has 1 unspecified atom stereocenters. The van der Waals surface area contributed by atoms with Gasteiger partial charge in [0.1, 0.15) is 5.69 Å². The van der Waals surface area contributed by atoms with Gasteiger partial charge in [-0.25, -0.2) is 0 Å². The standard InChI is InChI=1S/C23H29ClN4O4/c1-2-3-4-6-18-14-27(15-21(29)25-12-5-7-22(30)31)23(32)20-13-19(26-28(18)20)16-8-10-17(24)11-9-16/h8-11,13,18H,2-7,12,14-15H2,1H3,(H,25,29)(H,30,31). The molecule has 1 atom stereocenters. The molecule has 1 aliphatic rings. The smallest absolute Gasteiger partial charge is 0.303 e. The van der Waals surface area contributed by atoms with Crippen molar-refractivity contribution in [3.63, 3.8) is 0 Å². The molecule has 2 aromatic rings. The Hall–Kier alpha value is -2.87. The van der Waals surface area contributed by atoms with E-state index in [9.17, 15) is 14.4 Å². The summed E-state index contributed by atoms with van der Waals surface area (Å²) >= 11 is 5.99. The molecule has 0 saturated carbocycles. The topological polar surface area (TPSA) is 105 Å². The third-order valence-electron chi connectivity index (χ3n) is 5.52. The predicted octanol–water partition coefficient (Wildman–Crippen LogP) is 3.76. The molecule has 32 heavy (non-hydrogen) atoms. The maximum Gasteiger partial charge on any atom is 0.303 e. The summed E-state index contributed by atoms with van der Waals surface area (Å²) in [6, 6.07) is 9.09. The van der Waals surface area contributed by atoms with Crippen molar-refractivity contribution in [1.29, 1.82) is 0 Å². The van der Waals surface area contributed by atoms with Crippen molar-refractivity contribution in [1.82, 2.24) is 20.0 Å². The van der Waals surface area contributed by atoms with Gasteiger partial charge in [-0.1, -0.05) is 49.9 Å². The van der Waals surface area contributed by atoms with Gasteiger partial charge < -0.3 is 15.3 Å². The minimum atomic E-state index is -0.898. The Labute approximate surface area is 192 Å². The van der Waals surface area contributed by atoms with Gasteiger partial charge in [-0.2, -0.15) is 5.10 Å². The highest BCUT2D eigenvalue weighted by molar-refractivity contribution is 6.30. The fourth-order valence-corrected chi connectivity index (χ4v) is 3.97. The molecular weight excluding hydrogens is 432 g/mol. The Morgan fingerprint density at radius 2 is 1.97 bits per heavy atom. The van der Waals surface area contributed by atoms with Crippen molar-refractivity contribution in [2.24, 2.45) is 0 Å². The van der Waals surface area contributed by atoms with Gasteiger partial charge in [0, 0.05) is 30.1 Å². The molecule has 2 N–H and O–H groups in total. The molecule has 0 aliphatic carbocycles. The van der Waals surface area contributed by atoms with Gasteiger partial charge in [0.15, 0.2) is 0 Å². The van der Waals surface area contributed by atoms with E-state index < -0.39 is 5.97 Å². The van der Waals surface area contributed by atoms with Crippen molar-refractivity contribution >= 4 is 29.4 Å². The van der Waals surface area contributed by atoms with Crippen LogP contribution in [0.5, 0.6) is 0 Å². The minimum Gasteiger partial charge on any atom is -0.481 e. The number of benzene rings is 1. The highest BCUT2D eigenvalue weighted by Gasteiger charge is 2.33. The number of carbonyl (C=O) groups is 3. The molecule has 8 nitrogen and oxygen atoms in total. The van der Waals surface area contributed by atoms with Gasteiger partial charge >= 0.3 is 5.97 Å². The molecule has 172 valence electrons. The normalized spacial score (nSPS) is 15.5. The lowest BCUT2D eigenvalue weighted by atomic mass is 10.0. The van der Waals surface area contributed by atoms with Crippen LogP contribution in [-0.4, -0.2) is 57.2 Å². The Kier molecular flexibility index (Phi) is 8.27. The Morgan fingerprint density at radius 3 is 2.66 bits per heavy atom. The molecule has 2 amide bonds. The van der Waals surface area contributed by atoms with E-state index in [2.05, 4.69) is 12.2 Å². The van der Waals surface area contributed by atoms with Crippen molar-refractivity contribution in [3.05, 3.63) is 41.0 Å². The number of nitrogens with one attached hydrogen (secondary N) is 1. The zero-order chi connectivity index (χ0) is 23.1. The monoisotopic (exact) mass is 460 g/mol. The van der Waals surface area contributed by atoms with Crippen LogP contribution in [0.4, 0.5) is 0 Å². The third-order valence-corrected chi connectivity index (χ3v) is 5.78. The van der Waals surface area contributed by atoms with Crippen LogP contribution in [0.1, 0.15) is 62.0 Å². The van der Waals surface area contributed by atoms with Gasteiger partial charge in [-0.05, 0) is 31.0 Å². The first kappa shape index (κ1) is 23.8. The van der Waals surface area contributed by atoms with E-state index >= 15 is 0 Å². The summed E-state index contributed by atoms with van der Waals surface area (Å²) < 4.78 is 1.81. The second kappa shape index (κ2) is 11.1. The van der Waals surface area contributed by atoms with E-state index in [1.165, 1.54) is 0 Å². The van der Waals surface area contributed by atoms with Crippen LogP contribution in [0.25, 0.3) is 11.3 Å². The quantitative estimate of drug-likeness (QED) is 0.497. The second-order valence-corrected chi connectivity index (χ2v) is 8.49. The average molecular weight is 461 g/mol. The minimum absolute atomic E-state index is 0.00453. The van der Waals surface area contributed by atoms with Crippen molar-refractivity contribution in [2.45, 2.75) is 51.5 Å². The van der Waals surface area contributed by atoms with Crippen LogP contribution < -0.4 is 5.32 Å². The van der Waals surface area contributed by atoms with Gasteiger partial charge in [-0.15, -0.1) is 0 Å². The number of nitrogens with zero attached hydrogens (tertiary/aromatic N) is 3. The van der Waals surface area contributed by atoms with Gasteiger partial charge in [0.25, 0.3) is 5.91 Å². The summed E-state index contributed by atoms with van der Waals surface area (Å²) in [6.07, 6.45) is 4.42. The molecule has 1 aromatic heterocycles. The summed E-state index contributed by atoms with van der Waals surface area (Å²) in [6.45, 7) is 2.77. The zero-order valence-corrected chi connectivity index (χ0v) is 19.0. The number of aliphatic carboxylic acids is 1. The number of unbranched alkanes of at least 4 members (excludes halogenated alkanes) is 2. The maximum atomic E-state index is 13.1. The van der Waals surface area contributed by atoms with E-state index in [1.807, 2.05) is 16.8 Å². The van der Waals surface area contributed by atoms with Gasteiger partial charge in [-0.3, -0.25) is 19.1 Å². The summed E-state index contributed by atoms with van der Waals surface area (Å²) in [5, 5.41) is 16.8. The van der Waals surface area contributed by atoms with Crippen molar-refractivity contribution in [2.75, 3.05) is 19.6 Å². The number of fused-ring (bicyclic) bond motifs is 1. The second-order valence-electron chi connectivity index (χ2n) is 8.05. The van der Waals surface area contributed by atoms with Crippen LogP contribution in [0.3, 0.4) is 0 Å². The molecule has 2 heterocycles. The molecule has 9 heteroatoms. The van der Waals surface area contributed by atoms with Crippen LogP contribution in [0.2, 0.25) is 5.02 Å². The first-order valence-electron chi connectivity index (χ1n) is 11.0. The predicted molar refractivity (Wildman–Crippen MR) is 122 cm³/mol. The lowest BCUT2D eigenvalue weighted by Gasteiger charge is -2.33. The van der Waals surface area contributed by atoms with E-state index in [-0.39, 0.29) is 37.4 Å². The van der Waals surface area contributed by atoms with Crippen molar-refractivity contribution < 1.29 is 19.5 Å². The SMILES string of the molecule is CCCCCC1CN(CC(=O)NCCCC(=O)O)C(=O)c2cc(-c3ccc(Cl)cc3)nn21. The third kappa shape index (κ3) is 6.09. The first-order valence-corrected chi connectivity index (χ1v) is 11.4. The highest BCUT2D eigenvalue weighted by Crippen LogP contribution is 2.29. The first-order chi connectivity index (χ1) is 15.4. The van der Waals surface area contributed by atoms with Gasteiger partial charge in [0.05, 0.1) is 18.3 Å². The highest BCUT2D eigenvalue weighted by atomic mass is 35.5. The fraction of sp³-hybridized carbons (Fsp3) is 0.478. The Bertz CT molecular complexity index is 957. The van der Waals surface area contributed by atoms with Crippen LogP contribution >= 0.6 is 11.6 Å². The Balaban J connectivity index is 1.75. The fourth-order valence-electron chi connectivity index (χ4n) is 3.85. The van der Waals surface area contributed by atoms with Crippen LogP contribution in [0.15, 0.2) is 30.3 Å². The molecular formula is C23H29ClN4O4. The number of carbonyl (C=O) groups excluding carboxylic acids is 2. The number of carboxylic acid groups (broad SMARTS) is 1. The number of amides is 2. The molecule has 0 saturated heterocycles. The van der Waals surface area contributed by atoms with E-state index in [1.54, 1.807) is 23.1 Å². The maximum absolute atomic E-state index is 13.1. The molecule has 0 bridgehead atoms. The number of rotatable bonds is 11. The summed E-state index contributed by atoms with van der Waals surface area (Å²) in [5.74, 6) is -1.42. The van der Waals surface area contributed by atoms with Crippen LogP contribution in [0, 0.1) is 0 Å². The van der Waals surface area contributed by atoms with E-state index in [0.717, 1.165) is 31.2 Å². The summed E-state index contributed by atoms with van der Waals surface area (Å²) in [4.78, 5) is 37.7. The zero-order valence-electron chi connectivity index (χ0n) is 18.2. The molecule has 0 fully saturated rings. The van der Waals surface area contributed by atoms with Crippen LogP contribution in [-0.2, 0) is 9.59 Å². The average Bonchev–Trinajstić information content (AvgIpc) is 3.21. The number of hydrogen-bond donors (Lipinski definition) is 2. The number of hydrogen-bond acceptors (Lipinski definition) is 4. The molecule has 0 spiro atoms. The summed E-state index contributed by atoms with van der Waals surface area (Å²) in [5.41, 5.74) is 2.05. The lowest BCUT2D eigenvalue weighted by molar-refractivity contribution is -0.137. The summed E-state index contributed by atoms with van der Waals surface area (Å²) in [7, 11) is 0. The number of carboxylic acids is 1. The molecule has 1 aromatic carbocycles. The lowest BCUT2D eigenvalue weighted by Crippen LogP contribution is -2.47. The molecule has 0 radical (unpaired) electrons. The number of halogens is 1. The van der Waals surface area contributed by atoms with Gasteiger partial charge in [0.2, 0.25) is 5.91 Å². The van der Waals surface area contributed by atoms with E-state index in [0.29, 0.717) is 29.4 Å². The largest absolute Gasteiger partial charge is 0.481 e. The molecule has 1 aliphatic heterocycles. The van der Waals surface area contributed by atoms with Crippen molar-refractivity contribution in [3.8, 4) is 11.3 Å². The Morgan fingerprint density at radius 1 is 1.22 bits per heavy atom. The number of aromatic nitrogens is 2.